The fourth-order valence-electron chi connectivity index (χ4n) is 2.73. The van der Waals surface area contributed by atoms with Gasteiger partial charge in [0.05, 0.1) is 5.56 Å². The standard InChI is InChI=1S/C16H14BrNO2/c1-2-3-5-9-8-12(17)10-6-4-7-11-14(10)13(9)16(20)18-15(11)19/h4,6-8H,2-3,5H2,1H3,(H,18,19,20). The summed E-state index contributed by atoms with van der Waals surface area (Å²) in [5.74, 6) is -0.593. The molecule has 0 saturated heterocycles. The van der Waals surface area contributed by atoms with E-state index < -0.39 is 0 Å². The number of unbranched alkanes of at least 4 members (excludes halogenated alkanes) is 1. The highest BCUT2D eigenvalue weighted by molar-refractivity contribution is 9.10. The molecule has 4 heteroatoms. The molecule has 0 saturated carbocycles. The molecule has 3 nitrogen and oxygen atoms in total. The molecule has 0 aliphatic carbocycles. The van der Waals surface area contributed by atoms with E-state index in [0.29, 0.717) is 11.1 Å². The van der Waals surface area contributed by atoms with Crippen LogP contribution in [0.5, 0.6) is 0 Å². The van der Waals surface area contributed by atoms with Gasteiger partial charge in [-0.3, -0.25) is 14.9 Å². The van der Waals surface area contributed by atoms with Gasteiger partial charge in [0, 0.05) is 15.4 Å². The number of carbonyl (C=O) groups is 2. The molecule has 2 aromatic carbocycles. The Bertz CT molecular complexity index is 737. The second-order valence-corrected chi connectivity index (χ2v) is 5.86. The highest BCUT2D eigenvalue weighted by Gasteiger charge is 2.27. The van der Waals surface area contributed by atoms with Crippen LogP contribution in [0, 0.1) is 0 Å². The lowest BCUT2D eigenvalue weighted by Crippen LogP contribution is -2.35. The molecule has 3 rings (SSSR count). The largest absolute Gasteiger partial charge is 0.288 e. The summed E-state index contributed by atoms with van der Waals surface area (Å²) >= 11 is 3.56. The van der Waals surface area contributed by atoms with Gasteiger partial charge in [-0.2, -0.15) is 0 Å². The van der Waals surface area contributed by atoms with Crippen LogP contribution in [0.25, 0.3) is 10.8 Å². The summed E-state index contributed by atoms with van der Waals surface area (Å²) in [6.07, 6.45) is 2.93. The number of rotatable bonds is 3. The summed E-state index contributed by atoms with van der Waals surface area (Å²) in [7, 11) is 0. The number of benzene rings is 2. The van der Waals surface area contributed by atoms with Gasteiger partial charge in [-0.15, -0.1) is 0 Å². The van der Waals surface area contributed by atoms with E-state index in [-0.39, 0.29) is 11.8 Å². The van der Waals surface area contributed by atoms with Crippen molar-refractivity contribution < 1.29 is 9.59 Å². The van der Waals surface area contributed by atoms with E-state index in [1.807, 2.05) is 18.2 Å². The van der Waals surface area contributed by atoms with E-state index >= 15 is 0 Å². The monoisotopic (exact) mass is 331 g/mol. The van der Waals surface area contributed by atoms with Crippen molar-refractivity contribution in [2.45, 2.75) is 26.2 Å². The minimum absolute atomic E-state index is 0.280. The molecule has 0 aromatic heterocycles. The van der Waals surface area contributed by atoms with Crippen molar-refractivity contribution in [1.82, 2.24) is 5.32 Å². The number of carbonyl (C=O) groups excluding carboxylic acids is 2. The van der Waals surface area contributed by atoms with Gasteiger partial charge in [-0.25, -0.2) is 0 Å². The number of imide groups is 1. The molecule has 1 N–H and O–H groups in total. The lowest BCUT2D eigenvalue weighted by molar-refractivity contribution is 0.0844. The number of nitrogens with one attached hydrogen (secondary N) is 1. The lowest BCUT2D eigenvalue weighted by atomic mass is 9.90. The van der Waals surface area contributed by atoms with Crippen LogP contribution in [-0.2, 0) is 6.42 Å². The molecule has 0 atom stereocenters. The molecule has 2 aromatic rings. The van der Waals surface area contributed by atoms with E-state index in [2.05, 4.69) is 28.2 Å². The summed E-state index contributed by atoms with van der Waals surface area (Å²) in [6, 6.07) is 7.55. The summed E-state index contributed by atoms with van der Waals surface area (Å²) in [6.45, 7) is 2.12. The Morgan fingerprint density at radius 3 is 2.75 bits per heavy atom. The Hall–Kier alpha value is -1.68. The molecule has 0 bridgehead atoms. The van der Waals surface area contributed by atoms with Crippen LogP contribution in [0.4, 0.5) is 0 Å². The first-order valence-electron chi connectivity index (χ1n) is 6.73. The normalized spacial score (nSPS) is 13.7. The van der Waals surface area contributed by atoms with Crippen molar-refractivity contribution in [3.8, 4) is 0 Å². The Labute approximate surface area is 125 Å². The highest BCUT2D eigenvalue weighted by Crippen LogP contribution is 2.35. The van der Waals surface area contributed by atoms with Gasteiger partial charge >= 0.3 is 0 Å². The average Bonchev–Trinajstić information content (AvgIpc) is 2.43. The Morgan fingerprint density at radius 1 is 1.20 bits per heavy atom. The minimum atomic E-state index is -0.312. The second-order valence-electron chi connectivity index (χ2n) is 5.01. The predicted molar refractivity (Wildman–Crippen MR) is 82.1 cm³/mol. The molecule has 1 aliphatic rings. The van der Waals surface area contributed by atoms with E-state index in [0.717, 1.165) is 40.1 Å². The zero-order valence-electron chi connectivity index (χ0n) is 11.1. The zero-order valence-corrected chi connectivity index (χ0v) is 12.7. The fraction of sp³-hybridized carbons (Fsp3) is 0.250. The number of aryl methyl sites for hydroxylation is 1. The van der Waals surface area contributed by atoms with Crippen molar-refractivity contribution in [2.24, 2.45) is 0 Å². The van der Waals surface area contributed by atoms with Gasteiger partial charge in [-0.1, -0.05) is 41.4 Å². The number of halogens is 1. The van der Waals surface area contributed by atoms with E-state index in [1.54, 1.807) is 6.07 Å². The van der Waals surface area contributed by atoms with Crippen molar-refractivity contribution in [2.75, 3.05) is 0 Å². The van der Waals surface area contributed by atoms with Crippen LogP contribution in [-0.4, -0.2) is 11.8 Å². The Balaban J connectivity index is 2.37. The SMILES string of the molecule is CCCCc1cc(Br)c2cccc3c2c1C(=O)NC3=O. The van der Waals surface area contributed by atoms with Crippen LogP contribution in [0.3, 0.4) is 0 Å². The van der Waals surface area contributed by atoms with Gasteiger partial charge < -0.3 is 0 Å². The molecule has 0 fully saturated rings. The molecule has 1 heterocycles. The summed E-state index contributed by atoms with van der Waals surface area (Å²) in [5, 5.41) is 4.14. The number of amides is 2. The summed E-state index contributed by atoms with van der Waals surface area (Å²) < 4.78 is 0.937. The van der Waals surface area contributed by atoms with Gasteiger partial charge in [0.2, 0.25) is 0 Å². The predicted octanol–water partition coefficient (Wildman–Crippen LogP) is 3.83. The molecule has 20 heavy (non-hydrogen) atoms. The van der Waals surface area contributed by atoms with Crippen molar-refractivity contribution in [3.63, 3.8) is 0 Å². The second kappa shape index (κ2) is 5.02. The molecule has 1 aliphatic heterocycles. The van der Waals surface area contributed by atoms with Crippen molar-refractivity contribution in [3.05, 3.63) is 45.4 Å². The van der Waals surface area contributed by atoms with Crippen molar-refractivity contribution >= 4 is 38.5 Å². The Kier molecular flexibility index (Phi) is 3.34. The minimum Gasteiger partial charge on any atom is -0.288 e. The highest BCUT2D eigenvalue weighted by atomic mass is 79.9. The van der Waals surface area contributed by atoms with Crippen LogP contribution in [0.1, 0.15) is 46.0 Å². The maximum absolute atomic E-state index is 12.2. The first kappa shape index (κ1) is 13.3. The fourth-order valence-corrected chi connectivity index (χ4v) is 3.34. The Morgan fingerprint density at radius 2 is 2.00 bits per heavy atom. The molecule has 0 unspecified atom stereocenters. The van der Waals surface area contributed by atoms with Gasteiger partial charge in [0.15, 0.2) is 0 Å². The first-order chi connectivity index (χ1) is 9.63. The van der Waals surface area contributed by atoms with E-state index in [4.69, 9.17) is 0 Å². The van der Waals surface area contributed by atoms with E-state index in [1.165, 1.54) is 0 Å². The molecular formula is C16H14BrNO2. The molecule has 102 valence electrons. The first-order valence-corrected chi connectivity index (χ1v) is 7.52. The number of hydrogen-bond acceptors (Lipinski definition) is 2. The zero-order chi connectivity index (χ0) is 14.3. The van der Waals surface area contributed by atoms with E-state index in [9.17, 15) is 9.59 Å². The third-order valence-electron chi connectivity index (χ3n) is 3.69. The van der Waals surface area contributed by atoms with Gasteiger partial charge in [0.1, 0.15) is 0 Å². The molecule has 2 amide bonds. The molecule has 0 radical (unpaired) electrons. The van der Waals surface area contributed by atoms with Gasteiger partial charge in [0.25, 0.3) is 11.8 Å². The van der Waals surface area contributed by atoms with Crippen molar-refractivity contribution in [1.29, 1.82) is 0 Å². The van der Waals surface area contributed by atoms with Crippen LogP contribution in [0.15, 0.2) is 28.7 Å². The summed E-state index contributed by atoms with van der Waals surface area (Å²) in [5.41, 5.74) is 2.24. The van der Waals surface area contributed by atoms with Crippen LogP contribution in [0.2, 0.25) is 0 Å². The third-order valence-corrected chi connectivity index (χ3v) is 4.35. The lowest BCUT2D eigenvalue weighted by Gasteiger charge is -2.20. The summed E-state index contributed by atoms with van der Waals surface area (Å²) in [4.78, 5) is 24.2. The topological polar surface area (TPSA) is 46.2 Å². The van der Waals surface area contributed by atoms with Crippen LogP contribution < -0.4 is 5.32 Å². The maximum atomic E-state index is 12.2. The van der Waals surface area contributed by atoms with Gasteiger partial charge in [-0.05, 0) is 35.9 Å². The third kappa shape index (κ3) is 1.95. The average molecular weight is 332 g/mol. The number of hydrogen-bond donors (Lipinski definition) is 1. The quantitative estimate of drug-likeness (QED) is 0.869. The molecule has 0 spiro atoms. The molecular weight excluding hydrogens is 318 g/mol. The van der Waals surface area contributed by atoms with Crippen LogP contribution >= 0.6 is 15.9 Å². The smallest absolute Gasteiger partial charge is 0.259 e. The maximum Gasteiger partial charge on any atom is 0.259 e.